The second-order valence-electron chi connectivity index (χ2n) is 5.58. The van der Waals surface area contributed by atoms with Gasteiger partial charge in [0.15, 0.2) is 0 Å². The fourth-order valence-electron chi connectivity index (χ4n) is 2.56. The molecule has 2 rings (SSSR count). The molecule has 0 spiro atoms. The topological polar surface area (TPSA) is 29.3 Å². The Morgan fingerprint density at radius 1 is 1.05 bits per heavy atom. The van der Waals surface area contributed by atoms with Crippen LogP contribution in [-0.4, -0.2) is 6.54 Å². The van der Waals surface area contributed by atoms with E-state index in [-0.39, 0.29) is 0 Å². The third-order valence-corrected chi connectivity index (χ3v) is 3.91. The van der Waals surface area contributed by atoms with Crippen LogP contribution in [0.5, 0.6) is 0 Å². The summed E-state index contributed by atoms with van der Waals surface area (Å²) < 4.78 is 0. The minimum absolute atomic E-state index is 0.610. The lowest BCUT2D eigenvalue weighted by molar-refractivity contribution is 0.714. The van der Waals surface area contributed by atoms with Crippen LogP contribution < -0.4 is 10.6 Å². The first kappa shape index (κ1) is 15.6. The number of hydrogen-bond donors (Lipinski definition) is 1. The molecule has 21 heavy (non-hydrogen) atoms. The first-order chi connectivity index (χ1) is 10.2. The van der Waals surface area contributed by atoms with Crippen LogP contribution >= 0.6 is 0 Å². The van der Waals surface area contributed by atoms with Crippen molar-refractivity contribution in [3.63, 3.8) is 0 Å². The third kappa shape index (κ3) is 4.33. The lowest BCUT2D eigenvalue weighted by atomic mass is 10.0. The number of anilines is 1. The maximum absolute atomic E-state index is 5.72. The Kier molecular flexibility index (Phi) is 5.82. The summed E-state index contributed by atoms with van der Waals surface area (Å²) in [6.07, 6.45) is 2.43. The van der Waals surface area contributed by atoms with Crippen LogP contribution in [0.3, 0.4) is 0 Å². The minimum atomic E-state index is 0.610. The van der Waals surface area contributed by atoms with Crippen molar-refractivity contribution in [2.75, 3.05) is 11.4 Å². The van der Waals surface area contributed by atoms with Gasteiger partial charge in [0.05, 0.1) is 0 Å². The lowest BCUT2D eigenvalue weighted by Crippen LogP contribution is -2.24. The summed E-state index contributed by atoms with van der Waals surface area (Å²) in [7, 11) is 0. The van der Waals surface area contributed by atoms with Crippen LogP contribution in [0.15, 0.2) is 48.5 Å². The summed E-state index contributed by atoms with van der Waals surface area (Å²) in [5, 5.41) is 0. The van der Waals surface area contributed by atoms with E-state index in [2.05, 4.69) is 67.3 Å². The molecule has 0 aliphatic carbocycles. The number of nitrogens with zero attached hydrogens (tertiary/aromatic N) is 1. The molecule has 0 radical (unpaired) electrons. The van der Waals surface area contributed by atoms with Crippen molar-refractivity contribution in [3.8, 4) is 0 Å². The first-order valence-electron chi connectivity index (χ1n) is 7.83. The van der Waals surface area contributed by atoms with Crippen LogP contribution in [0, 0.1) is 6.92 Å². The van der Waals surface area contributed by atoms with Gasteiger partial charge in [-0.05, 0) is 42.2 Å². The van der Waals surface area contributed by atoms with E-state index in [1.165, 1.54) is 35.2 Å². The highest BCUT2D eigenvalue weighted by molar-refractivity contribution is 5.47. The van der Waals surface area contributed by atoms with E-state index in [1.807, 2.05) is 0 Å². The molecule has 0 fully saturated rings. The van der Waals surface area contributed by atoms with Crippen molar-refractivity contribution in [2.24, 2.45) is 5.73 Å². The molecule has 2 heteroatoms. The SMILES string of the molecule is CCCCN(Cc1ccc(CN)cc1C)c1ccccc1. The van der Waals surface area contributed by atoms with Gasteiger partial charge in [0.2, 0.25) is 0 Å². The van der Waals surface area contributed by atoms with Gasteiger partial charge in [0, 0.05) is 25.3 Å². The van der Waals surface area contributed by atoms with Gasteiger partial charge in [0.25, 0.3) is 0 Å². The Morgan fingerprint density at radius 2 is 1.81 bits per heavy atom. The van der Waals surface area contributed by atoms with E-state index in [0.29, 0.717) is 6.54 Å². The van der Waals surface area contributed by atoms with Gasteiger partial charge in [-0.2, -0.15) is 0 Å². The molecular formula is C19H26N2. The predicted octanol–water partition coefficient (Wildman–Crippen LogP) is 4.26. The van der Waals surface area contributed by atoms with Crippen LogP contribution in [-0.2, 0) is 13.1 Å². The predicted molar refractivity (Wildman–Crippen MR) is 91.5 cm³/mol. The summed E-state index contributed by atoms with van der Waals surface area (Å²) in [4.78, 5) is 2.47. The van der Waals surface area contributed by atoms with E-state index in [0.717, 1.165) is 13.1 Å². The number of para-hydroxylation sites is 1. The van der Waals surface area contributed by atoms with Crippen molar-refractivity contribution in [1.29, 1.82) is 0 Å². The highest BCUT2D eigenvalue weighted by Gasteiger charge is 2.08. The molecule has 0 aliphatic rings. The molecule has 0 atom stereocenters. The van der Waals surface area contributed by atoms with E-state index >= 15 is 0 Å². The largest absolute Gasteiger partial charge is 0.367 e. The number of nitrogens with two attached hydrogens (primary N) is 1. The average Bonchev–Trinajstić information content (AvgIpc) is 2.53. The molecule has 2 nitrogen and oxygen atoms in total. The molecule has 0 saturated carbocycles. The highest BCUT2D eigenvalue weighted by atomic mass is 15.1. The number of hydrogen-bond acceptors (Lipinski definition) is 2. The Balaban J connectivity index is 2.18. The molecule has 0 bridgehead atoms. The summed E-state index contributed by atoms with van der Waals surface area (Å²) >= 11 is 0. The number of benzene rings is 2. The highest BCUT2D eigenvalue weighted by Crippen LogP contribution is 2.20. The molecule has 2 aromatic rings. The average molecular weight is 282 g/mol. The standard InChI is InChI=1S/C19H26N2/c1-3-4-12-21(19-8-6-5-7-9-19)15-18-11-10-17(14-20)13-16(18)2/h5-11,13H,3-4,12,14-15,20H2,1-2H3. The van der Waals surface area contributed by atoms with E-state index in [9.17, 15) is 0 Å². The zero-order valence-electron chi connectivity index (χ0n) is 13.2. The minimum Gasteiger partial charge on any atom is -0.367 e. The quantitative estimate of drug-likeness (QED) is 0.822. The molecule has 0 amide bonds. The maximum atomic E-state index is 5.72. The normalized spacial score (nSPS) is 10.6. The maximum Gasteiger partial charge on any atom is 0.0432 e. The second kappa shape index (κ2) is 7.84. The van der Waals surface area contributed by atoms with Crippen LogP contribution in [0.25, 0.3) is 0 Å². The van der Waals surface area contributed by atoms with E-state index in [4.69, 9.17) is 5.73 Å². The Bertz CT molecular complexity index is 549. The van der Waals surface area contributed by atoms with Crippen molar-refractivity contribution in [2.45, 2.75) is 39.8 Å². The van der Waals surface area contributed by atoms with Gasteiger partial charge in [-0.1, -0.05) is 49.7 Å². The fraction of sp³-hybridized carbons (Fsp3) is 0.368. The number of rotatable bonds is 7. The molecule has 2 aromatic carbocycles. The van der Waals surface area contributed by atoms with Crippen molar-refractivity contribution in [1.82, 2.24) is 0 Å². The molecule has 112 valence electrons. The lowest BCUT2D eigenvalue weighted by Gasteiger charge is -2.26. The Labute approximate surface area is 128 Å². The van der Waals surface area contributed by atoms with Gasteiger partial charge in [-0.25, -0.2) is 0 Å². The summed E-state index contributed by atoms with van der Waals surface area (Å²) in [6.45, 7) is 7.08. The third-order valence-electron chi connectivity index (χ3n) is 3.91. The molecule has 0 saturated heterocycles. The van der Waals surface area contributed by atoms with Gasteiger partial charge in [-0.3, -0.25) is 0 Å². The zero-order valence-corrected chi connectivity index (χ0v) is 13.2. The van der Waals surface area contributed by atoms with Crippen molar-refractivity contribution in [3.05, 3.63) is 65.2 Å². The van der Waals surface area contributed by atoms with Crippen LogP contribution in [0.4, 0.5) is 5.69 Å². The Morgan fingerprint density at radius 3 is 2.43 bits per heavy atom. The van der Waals surface area contributed by atoms with Gasteiger partial charge >= 0.3 is 0 Å². The van der Waals surface area contributed by atoms with Crippen molar-refractivity contribution >= 4 is 5.69 Å². The van der Waals surface area contributed by atoms with Gasteiger partial charge < -0.3 is 10.6 Å². The first-order valence-corrected chi connectivity index (χ1v) is 7.83. The summed E-state index contributed by atoms with van der Waals surface area (Å²) in [5.41, 5.74) is 10.9. The number of aryl methyl sites for hydroxylation is 1. The second-order valence-corrected chi connectivity index (χ2v) is 5.58. The van der Waals surface area contributed by atoms with Crippen LogP contribution in [0.2, 0.25) is 0 Å². The smallest absolute Gasteiger partial charge is 0.0432 e. The summed E-state index contributed by atoms with van der Waals surface area (Å²) in [6, 6.07) is 17.3. The number of unbranched alkanes of at least 4 members (excludes halogenated alkanes) is 1. The van der Waals surface area contributed by atoms with Gasteiger partial charge in [-0.15, -0.1) is 0 Å². The summed E-state index contributed by atoms with van der Waals surface area (Å²) in [5.74, 6) is 0. The fourth-order valence-corrected chi connectivity index (χ4v) is 2.56. The van der Waals surface area contributed by atoms with Gasteiger partial charge in [0.1, 0.15) is 0 Å². The molecule has 0 unspecified atom stereocenters. The van der Waals surface area contributed by atoms with E-state index < -0.39 is 0 Å². The molecular weight excluding hydrogens is 256 g/mol. The molecule has 0 aromatic heterocycles. The zero-order chi connectivity index (χ0) is 15.1. The van der Waals surface area contributed by atoms with E-state index in [1.54, 1.807) is 0 Å². The Hall–Kier alpha value is -1.80. The molecule has 0 aliphatic heterocycles. The van der Waals surface area contributed by atoms with Crippen molar-refractivity contribution < 1.29 is 0 Å². The van der Waals surface area contributed by atoms with Crippen LogP contribution in [0.1, 0.15) is 36.5 Å². The molecule has 2 N–H and O–H groups in total. The monoisotopic (exact) mass is 282 g/mol. The molecule has 0 heterocycles.